The molecule has 6 rings (SSSR count). The predicted octanol–water partition coefficient (Wildman–Crippen LogP) is 3.85. The van der Waals surface area contributed by atoms with E-state index in [0.29, 0.717) is 17.8 Å². The molecule has 0 aliphatic heterocycles. The van der Waals surface area contributed by atoms with E-state index in [0.717, 1.165) is 23.8 Å². The molecule has 4 saturated carbocycles. The summed E-state index contributed by atoms with van der Waals surface area (Å²) in [6.07, 6.45) is 1.71. The zero-order chi connectivity index (χ0) is 21.1. The number of hydrogen-bond donors (Lipinski definition) is 2. The molecule has 0 radical (unpaired) electrons. The Hall–Kier alpha value is -2.58. The highest BCUT2D eigenvalue weighted by molar-refractivity contribution is 5.95. The topological polar surface area (TPSA) is 76.0 Å². The summed E-state index contributed by atoms with van der Waals surface area (Å²) in [6, 6.07) is 5.47. The third-order valence-electron chi connectivity index (χ3n) is 6.88. The van der Waals surface area contributed by atoms with E-state index in [2.05, 4.69) is 15.6 Å². The van der Waals surface area contributed by atoms with E-state index in [4.69, 9.17) is 0 Å². The van der Waals surface area contributed by atoms with Crippen LogP contribution in [0.3, 0.4) is 0 Å². The van der Waals surface area contributed by atoms with Gasteiger partial charge in [0.15, 0.2) is 0 Å². The van der Waals surface area contributed by atoms with Crippen molar-refractivity contribution >= 4 is 23.0 Å². The summed E-state index contributed by atoms with van der Waals surface area (Å²) in [5.41, 5.74) is 0.0647. The van der Waals surface area contributed by atoms with Gasteiger partial charge < -0.3 is 9.88 Å². The lowest BCUT2D eigenvalue weighted by atomic mass is 9.53. The van der Waals surface area contributed by atoms with Gasteiger partial charge in [-0.05, 0) is 68.4 Å². The zero-order valence-corrected chi connectivity index (χ0v) is 16.3. The van der Waals surface area contributed by atoms with Crippen LogP contribution in [0.5, 0.6) is 0 Å². The van der Waals surface area contributed by atoms with E-state index in [9.17, 15) is 22.8 Å². The van der Waals surface area contributed by atoms with Crippen LogP contribution < -0.4 is 10.6 Å². The summed E-state index contributed by atoms with van der Waals surface area (Å²) in [5.74, 6) is -0.0806. The quantitative estimate of drug-likeness (QED) is 0.792. The van der Waals surface area contributed by atoms with Crippen molar-refractivity contribution in [1.29, 1.82) is 0 Å². The minimum absolute atomic E-state index is 0.149. The largest absolute Gasteiger partial charge is 0.449 e. The number of carbonyl (C=O) groups excluding carboxylic acids is 2. The molecule has 30 heavy (non-hydrogen) atoms. The summed E-state index contributed by atoms with van der Waals surface area (Å²) in [7, 11) is 0. The lowest BCUT2D eigenvalue weighted by Crippen LogP contribution is -2.62. The van der Waals surface area contributed by atoms with Gasteiger partial charge in [-0.1, -0.05) is 12.1 Å². The average molecular weight is 420 g/mol. The lowest BCUT2D eigenvalue weighted by molar-refractivity contribution is -0.147. The van der Waals surface area contributed by atoms with Crippen molar-refractivity contribution in [3.8, 4) is 0 Å². The molecular formula is C21H23F3N4O2. The van der Waals surface area contributed by atoms with Crippen LogP contribution in [0, 0.1) is 17.8 Å². The Morgan fingerprint density at radius 3 is 2.27 bits per heavy atom. The minimum atomic E-state index is -4.71. The van der Waals surface area contributed by atoms with E-state index in [-0.39, 0.29) is 16.6 Å². The van der Waals surface area contributed by atoms with Gasteiger partial charge in [-0.25, -0.2) is 9.78 Å². The molecule has 4 fully saturated rings. The summed E-state index contributed by atoms with van der Waals surface area (Å²) in [6.45, 7) is -0.635. The number of amides is 3. The number of nitrogens with zero attached hydrogens (tertiary/aromatic N) is 2. The second-order valence-corrected chi connectivity index (χ2v) is 9.21. The summed E-state index contributed by atoms with van der Waals surface area (Å²) in [5, 5.41) is 5.23. The first kappa shape index (κ1) is 19.4. The number of urea groups is 1. The average Bonchev–Trinajstić information content (AvgIpc) is 2.99. The third-order valence-corrected chi connectivity index (χ3v) is 6.88. The smallest absolute Gasteiger partial charge is 0.332 e. The number of rotatable bonds is 3. The second-order valence-electron chi connectivity index (χ2n) is 9.21. The first-order valence-corrected chi connectivity index (χ1v) is 10.4. The number of benzene rings is 1. The SMILES string of the molecule is O=C(Cn1c(C(F)(F)F)nc2ccccc21)NC(=O)NC12CC3CC(CC(C3)C1)C2. The summed E-state index contributed by atoms with van der Waals surface area (Å²) < 4.78 is 41.0. The minimum Gasteiger partial charge on any atom is -0.332 e. The molecule has 0 unspecified atom stereocenters. The number of nitrogens with one attached hydrogen (secondary N) is 2. The molecule has 0 atom stereocenters. The highest BCUT2D eigenvalue weighted by atomic mass is 19.4. The first-order valence-electron chi connectivity index (χ1n) is 10.4. The van der Waals surface area contributed by atoms with Crippen molar-refractivity contribution in [2.75, 3.05) is 0 Å². The Bertz CT molecular complexity index is 978. The molecular weight excluding hydrogens is 397 g/mol. The molecule has 160 valence electrons. The maximum Gasteiger partial charge on any atom is 0.449 e. The molecule has 9 heteroatoms. The monoisotopic (exact) mass is 420 g/mol. The van der Waals surface area contributed by atoms with Gasteiger partial charge in [-0.2, -0.15) is 13.2 Å². The van der Waals surface area contributed by atoms with Crippen LogP contribution in [-0.4, -0.2) is 27.0 Å². The zero-order valence-electron chi connectivity index (χ0n) is 16.3. The molecule has 1 aromatic carbocycles. The molecule has 1 heterocycles. The standard InChI is InChI=1S/C21H23F3N4O2/c22-21(23,24)18-25-15-3-1-2-4-16(15)28(18)11-17(29)26-19(30)27-20-8-12-5-13(9-20)7-14(6-12)10-20/h1-4,12-14H,5-11H2,(H2,26,27,29,30). The van der Waals surface area contributed by atoms with E-state index in [1.54, 1.807) is 12.1 Å². The lowest BCUT2D eigenvalue weighted by Gasteiger charge is -2.56. The fourth-order valence-corrected chi connectivity index (χ4v) is 6.30. The number of imidazole rings is 1. The third kappa shape index (κ3) is 3.44. The van der Waals surface area contributed by atoms with Gasteiger partial charge in [-0.15, -0.1) is 0 Å². The van der Waals surface area contributed by atoms with Gasteiger partial charge in [0.25, 0.3) is 0 Å². The Kier molecular flexibility index (Phi) is 4.34. The molecule has 1 aromatic heterocycles. The Morgan fingerprint density at radius 1 is 1.07 bits per heavy atom. The molecule has 2 aromatic rings. The number of alkyl halides is 3. The maximum absolute atomic E-state index is 13.4. The Balaban J connectivity index is 1.29. The van der Waals surface area contributed by atoms with Crippen LogP contribution in [0.25, 0.3) is 11.0 Å². The van der Waals surface area contributed by atoms with Crippen molar-refractivity contribution in [3.63, 3.8) is 0 Å². The van der Waals surface area contributed by atoms with Crippen molar-refractivity contribution in [2.24, 2.45) is 17.8 Å². The summed E-state index contributed by atoms with van der Waals surface area (Å²) in [4.78, 5) is 28.6. The van der Waals surface area contributed by atoms with Gasteiger partial charge >= 0.3 is 12.2 Å². The molecule has 3 amide bonds. The number of fused-ring (bicyclic) bond motifs is 1. The number of halogens is 3. The molecule has 4 aliphatic carbocycles. The van der Waals surface area contributed by atoms with Crippen LogP contribution >= 0.6 is 0 Å². The Morgan fingerprint density at radius 2 is 1.67 bits per heavy atom. The van der Waals surface area contributed by atoms with E-state index in [1.165, 1.54) is 31.4 Å². The molecule has 0 saturated heterocycles. The molecule has 0 spiro atoms. The molecule has 4 aliphatic rings. The van der Waals surface area contributed by atoms with E-state index < -0.39 is 30.5 Å². The van der Waals surface area contributed by atoms with Gasteiger partial charge in [0, 0.05) is 5.54 Å². The van der Waals surface area contributed by atoms with Gasteiger partial charge in [0.2, 0.25) is 11.7 Å². The van der Waals surface area contributed by atoms with Crippen LogP contribution in [0.15, 0.2) is 24.3 Å². The van der Waals surface area contributed by atoms with Gasteiger partial charge in [0.05, 0.1) is 11.0 Å². The van der Waals surface area contributed by atoms with Gasteiger partial charge in [0.1, 0.15) is 6.54 Å². The fraction of sp³-hybridized carbons (Fsp3) is 0.571. The van der Waals surface area contributed by atoms with Gasteiger partial charge in [-0.3, -0.25) is 10.1 Å². The van der Waals surface area contributed by atoms with Crippen LogP contribution in [0.1, 0.15) is 44.3 Å². The Labute approximate surface area is 171 Å². The number of para-hydroxylation sites is 2. The number of hydrogen-bond acceptors (Lipinski definition) is 3. The van der Waals surface area contributed by atoms with Crippen molar-refractivity contribution < 1.29 is 22.8 Å². The molecule has 4 bridgehead atoms. The van der Waals surface area contributed by atoms with Crippen LogP contribution in [0.4, 0.5) is 18.0 Å². The molecule has 2 N–H and O–H groups in total. The summed E-state index contributed by atoms with van der Waals surface area (Å²) >= 11 is 0. The molecule has 6 nitrogen and oxygen atoms in total. The van der Waals surface area contributed by atoms with Crippen molar-refractivity contribution in [3.05, 3.63) is 30.1 Å². The highest BCUT2D eigenvalue weighted by Gasteiger charge is 2.51. The van der Waals surface area contributed by atoms with E-state index in [1.807, 2.05) is 0 Å². The normalized spacial score (nSPS) is 29.9. The van der Waals surface area contributed by atoms with E-state index >= 15 is 0 Å². The van der Waals surface area contributed by atoms with Crippen molar-refractivity contribution in [1.82, 2.24) is 20.2 Å². The van der Waals surface area contributed by atoms with Crippen LogP contribution in [-0.2, 0) is 17.5 Å². The van der Waals surface area contributed by atoms with Crippen LogP contribution in [0.2, 0.25) is 0 Å². The number of imide groups is 1. The number of carbonyl (C=O) groups is 2. The van der Waals surface area contributed by atoms with Crippen molar-refractivity contribution in [2.45, 2.75) is 56.8 Å². The first-order chi connectivity index (χ1) is 14.2. The number of aromatic nitrogens is 2. The fourth-order valence-electron chi connectivity index (χ4n) is 6.30. The highest BCUT2D eigenvalue weighted by Crippen LogP contribution is 2.55. The predicted molar refractivity (Wildman–Crippen MR) is 102 cm³/mol. The maximum atomic E-state index is 13.4. The second kappa shape index (κ2) is 6.72.